The van der Waals surface area contributed by atoms with Crippen molar-refractivity contribution >= 4 is 6.09 Å². The Morgan fingerprint density at radius 3 is 1.88 bits per heavy atom. The van der Waals surface area contributed by atoms with Gasteiger partial charge in [-0.05, 0) is 64.7 Å². The van der Waals surface area contributed by atoms with Crippen LogP contribution >= 0.6 is 0 Å². The molecule has 0 atom stereocenters. The fourth-order valence-electron chi connectivity index (χ4n) is 4.15. The van der Waals surface area contributed by atoms with E-state index < -0.39 is 0 Å². The van der Waals surface area contributed by atoms with Crippen molar-refractivity contribution in [1.82, 2.24) is 4.90 Å². The van der Waals surface area contributed by atoms with Crippen LogP contribution in [0, 0.1) is 11.8 Å². The second-order valence-electron chi connectivity index (χ2n) is 7.11. The number of carbonyl (C=O) groups is 1. The van der Waals surface area contributed by atoms with E-state index in [1.807, 2.05) is 20.8 Å². The number of rotatable bonds is 0. The lowest BCUT2D eigenvalue weighted by Crippen LogP contribution is -2.60. The Bertz CT molecular complexity index is 304. The van der Waals surface area contributed by atoms with Gasteiger partial charge in [0.1, 0.15) is 5.60 Å². The van der Waals surface area contributed by atoms with E-state index in [1.165, 1.54) is 32.1 Å². The first-order valence-corrected chi connectivity index (χ1v) is 6.93. The molecule has 0 radical (unpaired) electrons. The van der Waals surface area contributed by atoms with Crippen molar-refractivity contribution in [2.24, 2.45) is 11.8 Å². The molecule has 3 heteroatoms. The van der Waals surface area contributed by atoms with Crippen molar-refractivity contribution in [1.29, 1.82) is 0 Å². The average Bonchev–Trinajstić information content (AvgIpc) is 2.11. The fourth-order valence-corrected chi connectivity index (χ4v) is 4.15. The van der Waals surface area contributed by atoms with Crippen molar-refractivity contribution < 1.29 is 9.53 Å². The molecule has 0 unspecified atom stereocenters. The summed E-state index contributed by atoms with van der Waals surface area (Å²) in [5.74, 6) is 1.77. The van der Waals surface area contributed by atoms with Crippen LogP contribution in [0.3, 0.4) is 0 Å². The van der Waals surface area contributed by atoms with Gasteiger partial charge in [-0.1, -0.05) is 0 Å². The van der Waals surface area contributed by atoms with Crippen LogP contribution < -0.4 is 0 Å². The van der Waals surface area contributed by atoms with Gasteiger partial charge >= 0.3 is 6.09 Å². The van der Waals surface area contributed by atoms with Crippen LogP contribution in [-0.2, 0) is 4.74 Å². The van der Waals surface area contributed by atoms with Gasteiger partial charge in [-0.2, -0.15) is 0 Å². The van der Waals surface area contributed by atoms with Gasteiger partial charge < -0.3 is 9.64 Å². The van der Waals surface area contributed by atoms with E-state index in [0.29, 0.717) is 12.1 Å². The first kappa shape index (κ1) is 11.4. The Kier molecular flexibility index (Phi) is 2.43. The van der Waals surface area contributed by atoms with Crippen LogP contribution in [-0.4, -0.2) is 28.7 Å². The van der Waals surface area contributed by atoms with Crippen molar-refractivity contribution in [3.63, 3.8) is 0 Å². The summed E-state index contributed by atoms with van der Waals surface area (Å²) < 4.78 is 5.55. The number of ether oxygens (including phenoxy) is 1. The summed E-state index contributed by atoms with van der Waals surface area (Å²) in [5.41, 5.74) is -0.369. The predicted molar refractivity (Wildman–Crippen MR) is 65.7 cm³/mol. The number of nitrogens with zero attached hydrogens (tertiary/aromatic N) is 1. The maximum absolute atomic E-state index is 12.3. The van der Waals surface area contributed by atoms with Crippen LogP contribution in [0.1, 0.15) is 52.9 Å². The molecule has 4 aliphatic rings. The van der Waals surface area contributed by atoms with Gasteiger partial charge in [0.15, 0.2) is 0 Å². The van der Waals surface area contributed by atoms with Crippen molar-refractivity contribution in [2.75, 3.05) is 0 Å². The third-order valence-electron chi connectivity index (χ3n) is 4.48. The highest BCUT2D eigenvalue weighted by molar-refractivity contribution is 5.69. The van der Waals surface area contributed by atoms with Gasteiger partial charge in [0.2, 0.25) is 0 Å². The first-order chi connectivity index (χ1) is 7.92. The second-order valence-corrected chi connectivity index (χ2v) is 7.11. The number of hydrogen-bond donors (Lipinski definition) is 0. The molecule has 4 fully saturated rings. The number of hydrogen-bond acceptors (Lipinski definition) is 2. The van der Waals surface area contributed by atoms with Crippen LogP contribution in [0.25, 0.3) is 0 Å². The van der Waals surface area contributed by atoms with Gasteiger partial charge in [-0.3, -0.25) is 0 Å². The fraction of sp³-hybridized carbons (Fsp3) is 0.929. The van der Waals surface area contributed by atoms with E-state index in [-0.39, 0.29) is 11.7 Å². The van der Waals surface area contributed by atoms with E-state index in [0.717, 1.165) is 11.8 Å². The highest BCUT2D eigenvalue weighted by Gasteiger charge is 2.49. The molecule has 2 saturated carbocycles. The Morgan fingerprint density at radius 2 is 1.47 bits per heavy atom. The van der Waals surface area contributed by atoms with Crippen molar-refractivity contribution in [2.45, 2.75) is 70.6 Å². The minimum Gasteiger partial charge on any atom is -0.444 e. The van der Waals surface area contributed by atoms with E-state index >= 15 is 0 Å². The number of piperidine rings is 2. The van der Waals surface area contributed by atoms with Crippen LogP contribution in [0.4, 0.5) is 4.79 Å². The Balaban J connectivity index is 1.73. The molecule has 3 nitrogen and oxygen atoms in total. The molecule has 2 saturated heterocycles. The molecular formula is C14H23NO2. The van der Waals surface area contributed by atoms with Crippen LogP contribution in [0.2, 0.25) is 0 Å². The van der Waals surface area contributed by atoms with Crippen molar-refractivity contribution in [3.8, 4) is 0 Å². The summed E-state index contributed by atoms with van der Waals surface area (Å²) in [7, 11) is 0. The highest BCUT2D eigenvalue weighted by atomic mass is 16.6. The van der Waals surface area contributed by atoms with Gasteiger partial charge in [0.25, 0.3) is 0 Å². The van der Waals surface area contributed by atoms with Gasteiger partial charge in [-0.25, -0.2) is 4.79 Å². The summed E-state index contributed by atoms with van der Waals surface area (Å²) in [4.78, 5) is 14.3. The maximum Gasteiger partial charge on any atom is 0.410 e. The Morgan fingerprint density at radius 1 is 1.00 bits per heavy atom. The van der Waals surface area contributed by atoms with Gasteiger partial charge in [-0.15, -0.1) is 0 Å². The van der Waals surface area contributed by atoms with E-state index in [4.69, 9.17) is 4.74 Å². The molecule has 2 heterocycles. The summed E-state index contributed by atoms with van der Waals surface area (Å²) in [6, 6.07) is 0.946. The molecule has 96 valence electrons. The third-order valence-corrected chi connectivity index (χ3v) is 4.48. The van der Waals surface area contributed by atoms with E-state index in [1.54, 1.807) is 0 Å². The molecule has 2 aliphatic heterocycles. The lowest BCUT2D eigenvalue weighted by atomic mass is 9.64. The zero-order chi connectivity index (χ0) is 12.2. The van der Waals surface area contributed by atoms with E-state index in [2.05, 4.69) is 4.90 Å². The molecule has 0 N–H and O–H groups in total. The molecule has 2 aliphatic carbocycles. The molecule has 0 aromatic carbocycles. The number of amides is 1. The minimum atomic E-state index is -0.369. The molecule has 0 aromatic heterocycles. The van der Waals surface area contributed by atoms with E-state index in [9.17, 15) is 4.79 Å². The summed E-state index contributed by atoms with van der Waals surface area (Å²) >= 11 is 0. The van der Waals surface area contributed by atoms with Crippen LogP contribution in [0.5, 0.6) is 0 Å². The molecule has 4 rings (SSSR count). The lowest BCUT2D eigenvalue weighted by Gasteiger charge is -2.56. The molecule has 4 bridgehead atoms. The third kappa shape index (κ3) is 2.04. The highest BCUT2D eigenvalue weighted by Crippen LogP contribution is 2.49. The predicted octanol–water partition coefficient (Wildman–Crippen LogP) is 3.18. The van der Waals surface area contributed by atoms with Gasteiger partial charge in [0.05, 0.1) is 0 Å². The average molecular weight is 237 g/mol. The quantitative estimate of drug-likeness (QED) is 0.647. The molecular weight excluding hydrogens is 214 g/mol. The standard InChI is InChI=1S/C14H23NO2/c1-14(2,3)17-13(16)15-11-5-9-4-10(7-11)8-12(15)6-9/h9-12H,4-8H2,1-3H3. The van der Waals surface area contributed by atoms with Crippen LogP contribution in [0.15, 0.2) is 0 Å². The largest absolute Gasteiger partial charge is 0.444 e. The summed E-state index contributed by atoms with van der Waals surface area (Å²) in [6.07, 6.45) is 6.19. The Hall–Kier alpha value is -0.730. The molecule has 17 heavy (non-hydrogen) atoms. The smallest absolute Gasteiger partial charge is 0.410 e. The van der Waals surface area contributed by atoms with Gasteiger partial charge in [0, 0.05) is 12.1 Å². The molecule has 0 spiro atoms. The summed E-state index contributed by atoms with van der Waals surface area (Å²) in [6.45, 7) is 5.84. The SMILES string of the molecule is CC(C)(C)OC(=O)N1C2CC3CC(C2)CC1C3. The topological polar surface area (TPSA) is 29.5 Å². The zero-order valence-electron chi connectivity index (χ0n) is 11.1. The Labute approximate surface area is 104 Å². The zero-order valence-corrected chi connectivity index (χ0v) is 11.1. The summed E-state index contributed by atoms with van der Waals surface area (Å²) in [5, 5.41) is 0. The lowest BCUT2D eigenvalue weighted by molar-refractivity contribution is -0.0678. The monoisotopic (exact) mass is 237 g/mol. The van der Waals surface area contributed by atoms with Crippen molar-refractivity contribution in [3.05, 3.63) is 0 Å². The molecule has 1 amide bonds. The maximum atomic E-state index is 12.3. The number of carbonyl (C=O) groups excluding carboxylic acids is 1. The second kappa shape index (κ2) is 3.63. The first-order valence-electron chi connectivity index (χ1n) is 6.93. The minimum absolute atomic E-state index is 0.0775. The normalized spacial score (nSPS) is 39.6. The molecule has 0 aromatic rings.